The number of hydrogen-bond acceptors (Lipinski definition) is 3. The number of rotatable bonds is 3. The molecule has 1 atom stereocenters. The topological polar surface area (TPSA) is 49.4 Å². The first-order chi connectivity index (χ1) is 9.08. The Bertz CT molecular complexity index is 440. The van der Waals surface area contributed by atoms with Crippen molar-refractivity contribution in [3.63, 3.8) is 0 Å². The normalized spacial score (nSPS) is 18.1. The van der Waals surface area contributed by atoms with Gasteiger partial charge in [0.15, 0.2) is 0 Å². The van der Waals surface area contributed by atoms with Gasteiger partial charge in [0.2, 0.25) is 5.91 Å². The largest absolute Gasteiger partial charge is 0.348 e. The van der Waals surface area contributed by atoms with Crippen LogP contribution in [0.4, 0.5) is 0 Å². The third kappa shape index (κ3) is 3.70. The molecule has 0 aliphatic carbocycles. The highest BCUT2D eigenvalue weighted by Crippen LogP contribution is 2.15. The van der Waals surface area contributed by atoms with Gasteiger partial charge in [-0.2, -0.15) is 0 Å². The van der Waals surface area contributed by atoms with Gasteiger partial charge in [-0.25, -0.2) is 0 Å². The smallest absolute Gasteiger partial charge is 0.261 e. The fourth-order valence-corrected chi connectivity index (χ4v) is 2.92. The van der Waals surface area contributed by atoms with Gasteiger partial charge in [0.25, 0.3) is 5.91 Å². The molecule has 0 bridgehead atoms. The number of carbonyl (C=O) groups is 2. The number of halogens is 1. The van der Waals surface area contributed by atoms with Crippen LogP contribution in [0.3, 0.4) is 0 Å². The zero-order chi connectivity index (χ0) is 13.8. The van der Waals surface area contributed by atoms with Crippen molar-refractivity contribution in [3.8, 4) is 0 Å². The van der Waals surface area contributed by atoms with E-state index in [0.717, 1.165) is 17.7 Å². The number of piperidine rings is 1. The molecular weight excluding hydrogens is 284 g/mol. The summed E-state index contributed by atoms with van der Waals surface area (Å²) in [5.41, 5.74) is 0. The van der Waals surface area contributed by atoms with Crippen LogP contribution in [0.5, 0.6) is 0 Å². The van der Waals surface area contributed by atoms with Gasteiger partial charge in [-0.15, -0.1) is 22.9 Å². The van der Waals surface area contributed by atoms with E-state index < -0.39 is 5.38 Å². The van der Waals surface area contributed by atoms with Crippen molar-refractivity contribution >= 4 is 34.8 Å². The first-order valence-electron chi connectivity index (χ1n) is 6.35. The molecule has 1 fully saturated rings. The Morgan fingerprint density at radius 3 is 2.68 bits per heavy atom. The molecule has 2 heterocycles. The van der Waals surface area contributed by atoms with Gasteiger partial charge in [-0.05, 0) is 31.2 Å². The van der Waals surface area contributed by atoms with Gasteiger partial charge >= 0.3 is 0 Å². The first kappa shape index (κ1) is 14.3. The summed E-state index contributed by atoms with van der Waals surface area (Å²) in [5.74, 6) is -0.0461. The number of amides is 2. The summed E-state index contributed by atoms with van der Waals surface area (Å²) in [5, 5.41) is 4.42. The van der Waals surface area contributed by atoms with E-state index in [0.29, 0.717) is 13.1 Å². The molecule has 0 aromatic carbocycles. The third-order valence-corrected chi connectivity index (χ3v) is 4.28. The SMILES string of the molecule is CC(Cl)C(=O)N1CCC(NC(=O)c2cccs2)CC1. The molecule has 1 aliphatic rings. The lowest BCUT2D eigenvalue weighted by Gasteiger charge is -2.33. The van der Waals surface area contributed by atoms with Crippen molar-refractivity contribution in [1.82, 2.24) is 10.2 Å². The van der Waals surface area contributed by atoms with Crippen LogP contribution in [0.1, 0.15) is 29.4 Å². The van der Waals surface area contributed by atoms with E-state index in [1.165, 1.54) is 11.3 Å². The van der Waals surface area contributed by atoms with Crippen molar-refractivity contribution in [3.05, 3.63) is 22.4 Å². The van der Waals surface area contributed by atoms with Gasteiger partial charge in [-0.1, -0.05) is 6.07 Å². The van der Waals surface area contributed by atoms with Crippen LogP contribution in [0.2, 0.25) is 0 Å². The maximum absolute atomic E-state index is 11.9. The highest BCUT2D eigenvalue weighted by atomic mass is 35.5. The Morgan fingerprint density at radius 2 is 2.16 bits per heavy atom. The maximum Gasteiger partial charge on any atom is 0.261 e. The minimum absolute atomic E-state index is 0.0227. The molecule has 19 heavy (non-hydrogen) atoms. The number of nitrogens with zero attached hydrogens (tertiary/aromatic N) is 1. The van der Waals surface area contributed by atoms with Crippen LogP contribution in [0.25, 0.3) is 0 Å². The summed E-state index contributed by atoms with van der Waals surface area (Å²) in [4.78, 5) is 26.1. The second-order valence-corrected chi connectivity index (χ2v) is 6.27. The lowest BCUT2D eigenvalue weighted by molar-refractivity contribution is -0.131. The molecule has 104 valence electrons. The van der Waals surface area contributed by atoms with Crippen molar-refractivity contribution in [1.29, 1.82) is 0 Å². The predicted molar refractivity (Wildman–Crippen MR) is 76.7 cm³/mol. The van der Waals surface area contributed by atoms with Crippen LogP contribution in [0, 0.1) is 0 Å². The Hall–Kier alpha value is -1.07. The lowest BCUT2D eigenvalue weighted by Crippen LogP contribution is -2.47. The zero-order valence-corrected chi connectivity index (χ0v) is 12.3. The molecule has 4 nitrogen and oxygen atoms in total. The number of alkyl halides is 1. The Labute approximate surface area is 121 Å². The molecule has 1 saturated heterocycles. The van der Waals surface area contributed by atoms with E-state index in [1.54, 1.807) is 11.8 Å². The summed E-state index contributed by atoms with van der Waals surface area (Å²) in [7, 11) is 0. The van der Waals surface area contributed by atoms with Gasteiger partial charge in [-0.3, -0.25) is 9.59 Å². The van der Waals surface area contributed by atoms with Gasteiger partial charge in [0, 0.05) is 19.1 Å². The third-order valence-electron chi connectivity index (χ3n) is 3.23. The van der Waals surface area contributed by atoms with E-state index in [2.05, 4.69) is 5.32 Å². The quantitative estimate of drug-likeness (QED) is 0.869. The lowest BCUT2D eigenvalue weighted by atomic mass is 10.0. The molecule has 1 unspecified atom stereocenters. The monoisotopic (exact) mass is 300 g/mol. The molecule has 0 radical (unpaired) electrons. The molecule has 1 aromatic heterocycles. The average Bonchev–Trinajstić information content (AvgIpc) is 2.92. The molecule has 1 aromatic rings. The molecular formula is C13H17ClN2O2S. The molecule has 6 heteroatoms. The summed E-state index contributed by atoms with van der Waals surface area (Å²) in [6.07, 6.45) is 1.57. The van der Waals surface area contributed by atoms with E-state index in [1.807, 2.05) is 17.5 Å². The number of thiophene rings is 1. The Balaban J connectivity index is 1.81. The van der Waals surface area contributed by atoms with Crippen LogP contribution in [-0.4, -0.2) is 41.2 Å². The minimum Gasteiger partial charge on any atom is -0.348 e. The summed E-state index contributed by atoms with van der Waals surface area (Å²) < 4.78 is 0. The van der Waals surface area contributed by atoms with Crippen LogP contribution in [-0.2, 0) is 4.79 Å². The van der Waals surface area contributed by atoms with E-state index >= 15 is 0 Å². The minimum atomic E-state index is -0.475. The maximum atomic E-state index is 11.9. The molecule has 1 N–H and O–H groups in total. The summed E-state index contributed by atoms with van der Waals surface area (Å²) in [6.45, 7) is 3.01. The number of nitrogens with one attached hydrogen (secondary N) is 1. The number of carbonyl (C=O) groups excluding carboxylic acids is 2. The van der Waals surface area contributed by atoms with Crippen molar-refractivity contribution in [2.24, 2.45) is 0 Å². The van der Waals surface area contributed by atoms with Crippen LogP contribution in [0.15, 0.2) is 17.5 Å². The Kier molecular flexibility index (Phi) is 4.82. The van der Waals surface area contributed by atoms with Gasteiger partial charge < -0.3 is 10.2 Å². The van der Waals surface area contributed by atoms with Crippen LogP contribution < -0.4 is 5.32 Å². The number of hydrogen-bond donors (Lipinski definition) is 1. The van der Waals surface area contributed by atoms with Crippen molar-refractivity contribution in [2.45, 2.75) is 31.2 Å². The molecule has 0 spiro atoms. The van der Waals surface area contributed by atoms with Crippen LogP contribution >= 0.6 is 22.9 Å². The van der Waals surface area contributed by atoms with Gasteiger partial charge in [0.1, 0.15) is 5.38 Å². The average molecular weight is 301 g/mol. The highest BCUT2D eigenvalue weighted by Gasteiger charge is 2.26. The molecule has 0 saturated carbocycles. The zero-order valence-electron chi connectivity index (χ0n) is 10.8. The molecule has 1 aliphatic heterocycles. The first-order valence-corrected chi connectivity index (χ1v) is 7.66. The highest BCUT2D eigenvalue weighted by molar-refractivity contribution is 7.12. The Morgan fingerprint density at radius 1 is 1.47 bits per heavy atom. The summed E-state index contributed by atoms with van der Waals surface area (Å²) in [6, 6.07) is 3.82. The van der Waals surface area contributed by atoms with E-state index in [4.69, 9.17) is 11.6 Å². The molecule has 2 rings (SSSR count). The standard InChI is InChI=1S/C13H17ClN2O2S/c1-9(14)13(18)16-6-4-10(5-7-16)15-12(17)11-3-2-8-19-11/h2-3,8-10H,4-7H2,1H3,(H,15,17). The predicted octanol–water partition coefficient (Wildman–Crippen LogP) is 2.10. The van der Waals surface area contributed by atoms with Crippen molar-refractivity contribution < 1.29 is 9.59 Å². The fourth-order valence-electron chi connectivity index (χ4n) is 2.16. The second kappa shape index (κ2) is 6.39. The number of likely N-dealkylation sites (tertiary alicyclic amines) is 1. The van der Waals surface area contributed by atoms with E-state index in [-0.39, 0.29) is 17.9 Å². The second-order valence-electron chi connectivity index (χ2n) is 4.67. The van der Waals surface area contributed by atoms with Gasteiger partial charge in [0.05, 0.1) is 4.88 Å². The van der Waals surface area contributed by atoms with E-state index in [9.17, 15) is 9.59 Å². The molecule has 2 amide bonds. The summed E-state index contributed by atoms with van der Waals surface area (Å²) >= 11 is 7.23. The van der Waals surface area contributed by atoms with Crippen molar-refractivity contribution in [2.75, 3.05) is 13.1 Å². The fraction of sp³-hybridized carbons (Fsp3) is 0.538.